The number of carbonyl (C=O) groups excluding carboxylic acids is 1. The molecule has 3 heterocycles. The first-order valence-electron chi connectivity index (χ1n) is 10.6. The van der Waals surface area contributed by atoms with Gasteiger partial charge in [-0.1, -0.05) is 65.4 Å². The van der Waals surface area contributed by atoms with Gasteiger partial charge in [0.2, 0.25) is 4.96 Å². The Labute approximate surface area is 197 Å². The van der Waals surface area contributed by atoms with Crippen molar-refractivity contribution in [1.29, 1.82) is 0 Å². The number of aryl methyl sites for hydroxylation is 1. The first kappa shape index (κ1) is 21.7. The summed E-state index contributed by atoms with van der Waals surface area (Å²) < 4.78 is 7.41. The Hall–Kier alpha value is -4.17. The van der Waals surface area contributed by atoms with E-state index in [1.807, 2.05) is 43.3 Å². The Kier molecular flexibility index (Phi) is 5.51. The molecule has 0 fully saturated rings. The summed E-state index contributed by atoms with van der Waals surface area (Å²) in [6.45, 7) is 3.51. The van der Waals surface area contributed by atoms with Crippen LogP contribution in [0, 0.1) is 6.92 Å². The number of aromatic nitrogens is 3. The molecular formula is C26H19N3O4S. The molecule has 5 rings (SSSR count). The lowest BCUT2D eigenvalue weighted by molar-refractivity contribution is 0.101. The monoisotopic (exact) mass is 469 g/mol. The van der Waals surface area contributed by atoms with Gasteiger partial charge < -0.3 is 4.42 Å². The molecule has 0 spiro atoms. The van der Waals surface area contributed by atoms with Crippen LogP contribution < -0.4 is 15.7 Å². The molecule has 3 aromatic heterocycles. The van der Waals surface area contributed by atoms with Crippen LogP contribution in [0.15, 0.2) is 74.7 Å². The van der Waals surface area contributed by atoms with Gasteiger partial charge in [0, 0.05) is 23.6 Å². The topological polar surface area (TPSA) is 94.5 Å². The minimum absolute atomic E-state index is 0.00395. The summed E-state index contributed by atoms with van der Waals surface area (Å²) in [5.41, 5.74) is 2.90. The van der Waals surface area contributed by atoms with E-state index in [0.29, 0.717) is 28.0 Å². The van der Waals surface area contributed by atoms with E-state index in [2.05, 4.69) is 10.1 Å². The number of nitrogens with zero attached hydrogens (tertiary/aromatic N) is 3. The summed E-state index contributed by atoms with van der Waals surface area (Å²) in [6.07, 6.45) is 1.91. The number of hydrogen-bond donors (Lipinski definition) is 0. The zero-order valence-corrected chi connectivity index (χ0v) is 19.3. The van der Waals surface area contributed by atoms with Gasteiger partial charge in [0.1, 0.15) is 21.7 Å². The average Bonchev–Trinajstić information content (AvgIpc) is 3.41. The van der Waals surface area contributed by atoms with Crippen molar-refractivity contribution in [1.82, 2.24) is 14.6 Å². The van der Waals surface area contributed by atoms with Crippen LogP contribution in [0.5, 0.6) is 0 Å². The largest absolute Gasteiger partial charge is 0.457 e. The van der Waals surface area contributed by atoms with Crippen molar-refractivity contribution in [2.45, 2.75) is 20.3 Å². The Balaban J connectivity index is 1.48. The van der Waals surface area contributed by atoms with Crippen molar-refractivity contribution in [2.75, 3.05) is 0 Å². The van der Waals surface area contributed by atoms with E-state index >= 15 is 0 Å². The van der Waals surface area contributed by atoms with E-state index in [4.69, 9.17) is 4.42 Å². The van der Waals surface area contributed by atoms with Crippen LogP contribution in [0.2, 0.25) is 0 Å². The molecule has 0 unspecified atom stereocenters. The highest BCUT2D eigenvalue weighted by atomic mass is 32.1. The lowest BCUT2D eigenvalue weighted by atomic mass is 10.1. The van der Waals surface area contributed by atoms with Crippen LogP contribution in [0.25, 0.3) is 22.4 Å². The maximum absolute atomic E-state index is 12.9. The summed E-state index contributed by atoms with van der Waals surface area (Å²) in [5, 5.41) is 4.29. The van der Waals surface area contributed by atoms with Crippen LogP contribution in [0.4, 0.5) is 0 Å². The van der Waals surface area contributed by atoms with Crippen LogP contribution in [-0.2, 0) is 6.42 Å². The summed E-state index contributed by atoms with van der Waals surface area (Å²) in [4.78, 5) is 41.2. The minimum Gasteiger partial charge on any atom is -0.457 e. The quantitative estimate of drug-likeness (QED) is 0.366. The van der Waals surface area contributed by atoms with Gasteiger partial charge in [-0.3, -0.25) is 14.4 Å². The highest BCUT2D eigenvalue weighted by Gasteiger charge is 2.12. The van der Waals surface area contributed by atoms with Gasteiger partial charge in [0.25, 0.3) is 11.1 Å². The Morgan fingerprint density at radius 3 is 2.47 bits per heavy atom. The predicted molar refractivity (Wildman–Crippen MR) is 130 cm³/mol. The third kappa shape index (κ3) is 4.23. The number of Topliss-reactive ketones (excluding diaryl/α,β-unsaturated/α-hetero) is 1. The van der Waals surface area contributed by atoms with E-state index in [1.165, 1.54) is 11.4 Å². The van der Waals surface area contributed by atoms with Crippen molar-refractivity contribution in [3.05, 3.63) is 114 Å². The first-order valence-corrected chi connectivity index (χ1v) is 11.4. The fourth-order valence-corrected chi connectivity index (χ4v) is 4.42. The number of carbonyl (C=O) groups is 1. The van der Waals surface area contributed by atoms with E-state index in [0.717, 1.165) is 28.0 Å². The zero-order chi connectivity index (χ0) is 23.8. The molecule has 0 radical (unpaired) electrons. The average molecular weight is 470 g/mol. The zero-order valence-electron chi connectivity index (χ0n) is 18.4. The molecule has 0 bridgehead atoms. The normalized spacial score (nSPS) is 11.9. The standard InChI is InChI=1S/C26H19N3O4S/c1-15-3-5-17(6-4-15)13-21-24(31)27-26-29(28-21)25(32)23(34-26)14-20-11-12-22(33-20)19-9-7-18(8-10-19)16(2)30/h3-12,14H,13H2,1-2H3. The number of ketones is 1. The summed E-state index contributed by atoms with van der Waals surface area (Å²) in [5.74, 6) is 1.09. The maximum atomic E-state index is 12.9. The smallest absolute Gasteiger partial charge is 0.296 e. The molecule has 8 heteroatoms. The number of thiazole rings is 1. The molecule has 0 N–H and O–H groups in total. The third-order valence-corrected chi connectivity index (χ3v) is 6.38. The third-order valence-electron chi connectivity index (χ3n) is 5.42. The first-order chi connectivity index (χ1) is 16.4. The van der Waals surface area contributed by atoms with E-state index in [-0.39, 0.29) is 22.0 Å². The molecule has 0 amide bonds. The van der Waals surface area contributed by atoms with Crippen LogP contribution in [-0.4, -0.2) is 20.4 Å². The second kappa shape index (κ2) is 8.64. The number of rotatable bonds is 5. The van der Waals surface area contributed by atoms with Gasteiger partial charge in [0.15, 0.2) is 5.78 Å². The molecule has 0 aliphatic rings. The molecule has 7 nitrogen and oxygen atoms in total. The number of benzene rings is 2. The van der Waals surface area contributed by atoms with E-state index < -0.39 is 5.56 Å². The predicted octanol–water partition coefficient (Wildman–Crippen LogP) is 3.42. The van der Waals surface area contributed by atoms with Crippen LogP contribution in [0.1, 0.15) is 39.9 Å². The second-order valence-electron chi connectivity index (χ2n) is 7.97. The number of fused-ring (bicyclic) bond motifs is 1. The molecule has 0 saturated carbocycles. The Bertz CT molecular complexity index is 1690. The van der Waals surface area contributed by atoms with Gasteiger partial charge in [-0.15, -0.1) is 0 Å². The van der Waals surface area contributed by atoms with Gasteiger partial charge in [0.05, 0.1) is 0 Å². The van der Waals surface area contributed by atoms with E-state index in [9.17, 15) is 14.4 Å². The maximum Gasteiger partial charge on any atom is 0.296 e. The van der Waals surface area contributed by atoms with Crippen molar-refractivity contribution in [2.24, 2.45) is 0 Å². The highest BCUT2D eigenvalue weighted by molar-refractivity contribution is 7.15. The highest BCUT2D eigenvalue weighted by Crippen LogP contribution is 2.23. The molecule has 5 aromatic rings. The Morgan fingerprint density at radius 2 is 1.76 bits per heavy atom. The second-order valence-corrected chi connectivity index (χ2v) is 8.98. The van der Waals surface area contributed by atoms with Crippen LogP contribution >= 0.6 is 11.3 Å². The van der Waals surface area contributed by atoms with Crippen LogP contribution in [0.3, 0.4) is 0 Å². The molecule has 34 heavy (non-hydrogen) atoms. The summed E-state index contributed by atoms with van der Waals surface area (Å²) in [6, 6.07) is 18.4. The van der Waals surface area contributed by atoms with Crippen molar-refractivity contribution < 1.29 is 9.21 Å². The molecule has 0 saturated heterocycles. The van der Waals surface area contributed by atoms with E-state index in [1.54, 1.807) is 30.3 Å². The number of hydrogen-bond acceptors (Lipinski definition) is 7. The van der Waals surface area contributed by atoms with Gasteiger partial charge in [-0.25, -0.2) is 0 Å². The summed E-state index contributed by atoms with van der Waals surface area (Å²) in [7, 11) is 0. The molecule has 0 aliphatic carbocycles. The lowest BCUT2D eigenvalue weighted by Crippen LogP contribution is -2.28. The van der Waals surface area contributed by atoms with Crippen molar-refractivity contribution >= 4 is 28.2 Å². The SMILES string of the molecule is CC(=O)c1ccc(-c2ccc(C=c3sc4nc(=O)c(Cc5ccc(C)cc5)nn4c3=O)o2)cc1. The molecule has 2 aromatic carbocycles. The molecule has 168 valence electrons. The van der Waals surface area contributed by atoms with Crippen molar-refractivity contribution in [3.63, 3.8) is 0 Å². The Morgan fingerprint density at radius 1 is 1.03 bits per heavy atom. The van der Waals surface area contributed by atoms with Gasteiger partial charge >= 0.3 is 0 Å². The lowest BCUT2D eigenvalue weighted by Gasteiger charge is -2.01. The van der Waals surface area contributed by atoms with Gasteiger partial charge in [-0.2, -0.15) is 14.6 Å². The van der Waals surface area contributed by atoms with Crippen molar-refractivity contribution in [3.8, 4) is 11.3 Å². The van der Waals surface area contributed by atoms with Gasteiger partial charge in [-0.05, 0) is 31.5 Å². The fraction of sp³-hybridized carbons (Fsp3) is 0.115. The fourth-order valence-electron chi connectivity index (χ4n) is 3.54. The molecule has 0 aliphatic heterocycles. The molecule has 0 atom stereocenters. The molecular weight excluding hydrogens is 450 g/mol. The minimum atomic E-state index is -0.442. The number of furan rings is 1. The summed E-state index contributed by atoms with van der Waals surface area (Å²) >= 11 is 1.08.